The molecule has 1 saturated carbocycles. The van der Waals surface area contributed by atoms with E-state index >= 15 is 0 Å². The van der Waals surface area contributed by atoms with Crippen molar-refractivity contribution in [1.29, 1.82) is 0 Å². The Morgan fingerprint density at radius 1 is 1.12 bits per heavy atom. The maximum absolute atomic E-state index is 13.2. The van der Waals surface area contributed by atoms with Crippen LogP contribution in [0, 0.1) is 0 Å². The van der Waals surface area contributed by atoms with Crippen LogP contribution in [0.1, 0.15) is 25.7 Å². The van der Waals surface area contributed by atoms with E-state index in [0.717, 1.165) is 0 Å². The summed E-state index contributed by atoms with van der Waals surface area (Å²) in [5.74, 6) is -0.497. The lowest BCUT2D eigenvalue weighted by Crippen LogP contribution is -2.47. The van der Waals surface area contributed by atoms with Crippen molar-refractivity contribution < 1.29 is 13.2 Å². The van der Waals surface area contributed by atoms with E-state index in [9.17, 15) is 13.2 Å². The lowest BCUT2D eigenvalue weighted by atomic mass is 10.1. The van der Waals surface area contributed by atoms with Gasteiger partial charge in [0.05, 0.1) is 16.8 Å². The van der Waals surface area contributed by atoms with Crippen LogP contribution in [0.2, 0.25) is 5.02 Å². The molecule has 0 spiro atoms. The molecule has 5 nitrogen and oxygen atoms in total. The number of benzene rings is 1. The Kier molecular flexibility index (Phi) is 4.60. The van der Waals surface area contributed by atoms with Gasteiger partial charge in [0.2, 0.25) is 5.91 Å². The molecule has 1 amide bonds. The summed E-state index contributed by atoms with van der Waals surface area (Å²) >= 11 is 5.84. The molecule has 126 valence electrons. The van der Waals surface area contributed by atoms with Gasteiger partial charge in [-0.05, 0) is 49.2 Å². The van der Waals surface area contributed by atoms with Crippen molar-refractivity contribution in [3.05, 3.63) is 53.8 Å². The summed E-state index contributed by atoms with van der Waals surface area (Å²) in [7, 11) is -3.83. The highest BCUT2D eigenvalue weighted by molar-refractivity contribution is 7.93. The highest BCUT2D eigenvalue weighted by atomic mass is 35.5. The first-order chi connectivity index (χ1) is 11.5. The summed E-state index contributed by atoms with van der Waals surface area (Å²) in [6, 6.07) is 9.32. The van der Waals surface area contributed by atoms with Gasteiger partial charge in [-0.1, -0.05) is 24.4 Å². The van der Waals surface area contributed by atoms with Crippen LogP contribution in [0.4, 0.5) is 5.69 Å². The van der Waals surface area contributed by atoms with Gasteiger partial charge in [-0.15, -0.1) is 0 Å². The Hall–Kier alpha value is -1.92. The van der Waals surface area contributed by atoms with Crippen molar-refractivity contribution in [2.75, 3.05) is 5.32 Å². The number of sulfone groups is 1. The lowest BCUT2D eigenvalue weighted by Gasteiger charge is -2.27. The number of rotatable bonds is 4. The zero-order valence-electron chi connectivity index (χ0n) is 12.9. The number of anilines is 1. The average Bonchev–Trinajstić information content (AvgIpc) is 3.08. The van der Waals surface area contributed by atoms with E-state index in [1.165, 1.54) is 30.5 Å². The quantitative estimate of drug-likeness (QED) is 0.901. The van der Waals surface area contributed by atoms with Crippen molar-refractivity contribution in [2.24, 2.45) is 0 Å². The third kappa shape index (κ3) is 2.91. The number of halogens is 1. The maximum Gasteiger partial charge on any atom is 0.246 e. The van der Waals surface area contributed by atoms with Gasteiger partial charge < -0.3 is 5.32 Å². The van der Waals surface area contributed by atoms with Crippen molar-refractivity contribution >= 4 is 33.0 Å². The van der Waals surface area contributed by atoms with E-state index in [1.807, 2.05) is 0 Å². The minimum Gasteiger partial charge on any atom is -0.323 e. The fraction of sp³-hybridized carbons (Fsp3) is 0.294. The molecule has 0 saturated heterocycles. The normalized spacial score (nSPS) is 16.7. The Labute approximate surface area is 146 Å². The fourth-order valence-electron chi connectivity index (χ4n) is 3.08. The van der Waals surface area contributed by atoms with Crippen LogP contribution in [0.15, 0.2) is 53.7 Å². The maximum atomic E-state index is 13.2. The summed E-state index contributed by atoms with van der Waals surface area (Å²) in [5.41, 5.74) is 0.486. The van der Waals surface area contributed by atoms with Gasteiger partial charge in [-0.25, -0.2) is 8.42 Å². The van der Waals surface area contributed by atoms with E-state index in [-0.39, 0.29) is 4.90 Å². The number of hydrogen-bond donors (Lipinski definition) is 1. The van der Waals surface area contributed by atoms with Crippen molar-refractivity contribution in [2.45, 2.75) is 35.3 Å². The van der Waals surface area contributed by atoms with Gasteiger partial charge in [0.25, 0.3) is 0 Å². The van der Waals surface area contributed by atoms with E-state index < -0.39 is 20.5 Å². The molecule has 1 aliphatic carbocycles. The number of carbonyl (C=O) groups excluding carboxylic acids is 1. The monoisotopic (exact) mass is 364 g/mol. The van der Waals surface area contributed by atoms with Crippen LogP contribution in [0.25, 0.3) is 0 Å². The second-order valence-corrected chi connectivity index (χ2v) is 8.55. The molecule has 1 heterocycles. The molecule has 0 aliphatic heterocycles. The third-order valence-electron chi connectivity index (χ3n) is 4.38. The van der Waals surface area contributed by atoms with E-state index in [1.54, 1.807) is 18.3 Å². The van der Waals surface area contributed by atoms with E-state index in [4.69, 9.17) is 11.6 Å². The van der Waals surface area contributed by atoms with Gasteiger partial charge in [0, 0.05) is 11.2 Å². The van der Waals surface area contributed by atoms with Crippen molar-refractivity contribution in [3.8, 4) is 0 Å². The standard InChI is InChI=1S/C17H17ClN2O3S/c18-13-5-7-15(8-6-13)24(22,23)17(9-1-2-10-17)16(21)20-14-4-3-11-19-12-14/h3-8,11-12H,1-2,9-10H2,(H,20,21). The summed E-state index contributed by atoms with van der Waals surface area (Å²) in [6.45, 7) is 0. The Balaban J connectivity index is 1.98. The fourth-order valence-corrected chi connectivity index (χ4v) is 5.28. The highest BCUT2D eigenvalue weighted by Gasteiger charge is 2.52. The Bertz CT molecular complexity index is 830. The van der Waals surface area contributed by atoms with Gasteiger partial charge in [0.1, 0.15) is 0 Å². The van der Waals surface area contributed by atoms with Gasteiger partial charge >= 0.3 is 0 Å². The number of pyridine rings is 1. The minimum absolute atomic E-state index is 0.120. The first kappa shape index (κ1) is 16.9. The highest BCUT2D eigenvalue weighted by Crippen LogP contribution is 2.41. The van der Waals surface area contributed by atoms with Crippen molar-refractivity contribution in [3.63, 3.8) is 0 Å². The molecule has 1 aromatic heterocycles. The number of hydrogen-bond acceptors (Lipinski definition) is 4. The van der Waals surface area contributed by atoms with Crippen LogP contribution in [0.3, 0.4) is 0 Å². The molecule has 3 rings (SSSR count). The zero-order valence-corrected chi connectivity index (χ0v) is 14.5. The van der Waals surface area contributed by atoms with Crippen molar-refractivity contribution in [1.82, 2.24) is 4.98 Å². The Morgan fingerprint density at radius 3 is 2.38 bits per heavy atom. The molecule has 1 aliphatic rings. The minimum atomic E-state index is -3.83. The predicted octanol–water partition coefficient (Wildman–Crippen LogP) is 3.46. The van der Waals surface area contributed by atoms with Crippen LogP contribution in [-0.2, 0) is 14.6 Å². The molecule has 2 aromatic rings. The molecule has 0 unspecified atom stereocenters. The first-order valence-corrected chi connectivity index (χ1v) is 9.53. The summed E-state index contributed by atoms with van der Waals surface area (Å²) < 4.78 is 24.9. The molecular weight excluding hydrogens is 348 g/mol. The number of nitrogens with zero attached hydrogens (tertiary/aromatic N) is 1. The molecular formula is C17H17ClN2O3S. The van der Waals surface area contributed by atoms with E-state index in [2.05, 4.69) is 10.3 Å². The number of carbonyl (C=O) groups is 1. The second kappa shape index (κ2) is 6.53. The SMILES string of the molecule is O=C(Nc1cccnc1)C1(S(=O)(=O)c2ccc(Cl)cc2)CCCC1. The zero-order chi connectivity index (χ0) is 17.2. The second-order valence-electron chi connectivity index (χ2n) is 5.85. The average molecular weight is 365 g/mol. The molecule has 1 N–H and O–H groups in total. The van der Waals surface area contributed by atoms with Crippen LogP contribution >= 0.6 is 11.6 Å². The topological polar surface area (TPSA) is 76.1 Å². The first-order valence-electron chi connectivity index (χ1n) is 7.67. The third-order valence-corrected chi connectivity index (χ3v) is 7.15. The molecule has 24 heavy (non-hydrogen) atoms. The molecule has 0 radical (unpaired) electrons. The molecule has 1 fully saturated rings. The molecule has 0 bridgehead atoms. The van der Waals surface area contributed by atoms with E-state index in [0.29, 0.717) is 36.4 Å². The van der Waals surface area contributed by atoms with Gasteiger partial charge in [-0.2, -0.15) is 0 Å². The Morgan fingerprint density at radius 2 is 1.79 bits per heavy atom. The largest absolute Gasteiger partial charge is 0.323 e. The molecule has 7 heteroatoms. The predicted molar refractivity (Wildman–Crippen MR) is 92.7 cm³/mol. The molecule has 1 aromatic carbocycles. The lowest BCUT2D eigenvalue weighted by molar-refractivity contribution is -0.118. The summed E-state index contributed by atoms with van der Waals surface area (Å²) in [6.07, 6.45) is 5.11. The van der Waals surface area contributed by atoms with Gasteiger partial charge in [-0.3, -0.25) is 9.78 Å². The number of amides is 1. The number of aromatic nitrogens is 1. The smallest absolute Gasteiger partial charge is 0.246 e. The number of nitrogens with one attached hydrogen (secondary N) is 1. The molecule has 0 atom stereocenters. The van der Waals surface area contributed by atoms with Crippen LogP contribution in [-0.4, -0.2) is 24.1 Å². The summed E-state index contributed by atoms with van der Waals surface area (Å²) in [4.78, 5) is 16.9. The van der Waals surface area contributed by atoms with Crippen LogP contribution < -0.4 is 5.32 Å². The van der Waals surface area contributed by atoms with Gasteiger partial charge in [0.15, 0.2) is 14.6 Å². The summed E-state index contributed by atoms with van der Waals surface area (Å²) in [5, 5.41) is 3.16. The van der Waals surface area contributed by atoms with Crippen LogP contribution in [0.5, 0.6) is 0 Å².